The SMILES string of the molecule is C[C@@H](O)c1cc(F)ccc1SC1CCOCC1. The summed E-state index contributed by atoms with van der Waals surface area (Å²) in [5, 5.41) is 10.2. The third-order valence-electron chi connectivity index (χ3n) is 2.88. The van der Waals surface area contributed by atoms with Gasteiger partial charge in [-0.2, -0.15) is 0 Å². The largest absolute Gasteiger partial charge is 0.389 e. The van der Waals surface area contributed by atoms with Gasteiger partial charge in [-0.25, -0.2) is 4.39 Å². The smallest absolute Gasteiger partial charge is 0.123 e. The summed E-state index contributed by atoms with van der Waals surface area (Å²) >= 11 is 1.72. The molecule has 0 unspecified atom stereocenters. The van der Waals surface area contributed by atoms with E-state index in [0.29, 0.717) is 10.8 Å². The van der Waals surface area contributed by atoms with Crippen molar-refractivity contribution < 1.29 is 14.2 Å². The van der Waals surface area contributed by atoms with E-state index >= 15 is 0 Å². The van der Waals surface area contributed by atoms with Crippen molar-refractivity contribution in [3.8, 4) is 0 Å². The maximum atomic E-state index is 13.1. The first-order valence-electron chi connectivity index (χ1n) is 5.88. The van der Waals surface area contributed by atoms with Crippen molar-refractivity contribution in [3.63, 3.8) is 0 Å². The summed E-state index contributed by atoms with van der Waals surface area (Å²) < 4.78 is 18.5. The molecule has 94 valence electrons. The van der Waals surface area contributed by atoms with Crippen molar-refractivity contribution >= 4 is 11.8 Å². The van der Waals surface area contributed by atoms with E-state index in [0.717, 1.165) is 31.0 Å². The van der Waals surface area contributed by atoms with Crippen LogP contribution in [-0.4, -0.2) is 23.6 Å². The van der Waals surface area contributed by atoms with Crippen LogP contribution >= 0.6 is 11.8 Å². The lowest BCUT2D eigenvalue weighted by atomic mass is 10.1. The molecule has 0 amide bonds. The normalized spacial score (nSPS) is 19.2. The van der Waals surface area contributed by atoms with Crippen molar-refractivity contribution in [1.29, 1.82) is 0 Å². The van der Waals surface area contributed by atoms with E-state index in [2.05, 4.69) is 0 Å². The van der Waals surface area contributed by atoms with Gasteiger partial charge in [0.2, 0.25) is 0 Å². The standard InChI is InChI=1S/C13H17FO2S/c1-9(15)12-8-10(14)2-3-13(12)17-11-4-6-16-7-5-11/h2-3,8-9,11,15H,4-7H2,1H3/t9-/m1/s1. The maximum Gasteiger partial charge on any atom is 0.123 e. The highest BCUT2D eigenvalue weighted by Crippen LogP contribution is 2.34. The zero-order valence-electron chi connectivity index (χ0n) is 9.86. The van der Waals surface area contributed by atoms with Gasteiger partial charge in [0.15, 0.2) is 0 Å². The van der Waals surface area contributed by atoms with Gasteiger partial charge in [-0.05, 0) is 43.5 Å². The molecule has 1 saturated heterocycles. The van der Waals surface area contributed by atoms with Crippen LogP contribution in [0.2, 0.25) is 0 Å². The third kappa shape index (κ3) is 3.44. The van der Waals surface area contributed by atoms with Gasteiger partial charge >= 0.3 is 0 Å². The van der Waals surface area contributed by atoms with Crippen molar-refractivity contribution in [1.82, 2.24) is 0 Å². The van der Waals surface area contributed by atoms with Gasteiger partial charge in [0.05, 0.1) is 6.10 Å². The second kappa shape index (κ2) is 5.85. The van der Waals surface area contributed by atoms with Crippen LogP contribution in [0.4, 0.5) is 4.39 Å². The van der Waals surface area contributed by atoms with E-state index in [1.807, 2.05) is 0 Å². The molecule has 1 aromatic rings. The number of aliphatic hydroxyl groups is 1. The van der Waals surface area contributed by atoms with Crippen LogP contribution in [0.5, 0.6) is 0 Å². The first-order valence-corrected chi connectivity index (χ1v) is 6.76. The van der Waals surface area contributed by atoms with Crippen molar-refractivity contribution in [3.05, 3.63) is 29.6 Å². The lowest BCUT2D eigenvalue weighted by Gasteiger charge is -2.23. The second-order valence-electron chi connectivity index (χ2n) is 4.29. The molecule has 1 aromatic carbocycles. The van der Waals surface area contributed by atoms with Gasteiger partial charge in [-0.15, -0.1) is 11.8 Å². The monoisotopic (exact) mass is 256 g/mol. The predicted molar refractivity (Wildman–Crippen MR) is 66.7 cm³/mol. The Kier molecular flexibility index (Phi) is 4.42. The maximum absolute atomic E-state index is 13.1. The first-order chi connectivity index (χ1) is 8.16. The molecule has 2 nitrogen and oxygen atoms in total. The van der Waals surface area contributed by atoms with E-state index in [1.165, 1.54) is 12.1 Å². The fourth-order valence-electron chi connectivity index (χ4n) is 1.93. The number of hydrogen-bond acceptors (Lipinski definition) is 3. The zero-order valence-corrected chi connectivity index (χ0v) is 10.7. The molecule has 2 rings (SSSR count). The minimum Gasteiger partial charge on any atom is -0.389 e. The highest BCUT2D eigenvalue weighted by molar-refractivity contribution is 8.00. The Balaban J connectivity index is 2.13. The topological polar surface area (TPSA) is 29.5 Å². The number of rotatable bonds is 3. The van der Waals surface area contributed by atoms with Crippen LogP contribution in [0.25, 0.3) is 0 Å². The van der Waals surface area contributed by atoms with Gasteiger partial charge in [0, 0.05) is 23.4 Å². The minimum absolute atomic E-state index is 0.294. The third-order valence-corrected chi connectivity index (χ3v) is 4.31. The quantitative estimate of drug-likeness (QED) is 0.901. The molecule has 0 aliphatic carbocycles. The first kappa shape index (κ1) is 12.9. The molecule has 1 fully saturated rings. The van der Waals surface area contributed by atoms with E-state index in [9.17, 15) is 9.50 Å². The van der Waals surface area contributed by atoms with E-state index < -0.39 is 6.10 Å². The Morgan fingerprint density at radius 3 is 2.76 bits per heavy atom. The van der Waals surface area contributed by atoms with Crippen LogP contribution in [-0.2, 0) is 4.74 Å². The van der Waals surface area contributed by atoms with Gasteiger partial charge in [-0.1, -0.05) is 0 Å². The lowest BCUT2D eigenvalue weighted by molar-refractivity contribution is 0.1000. The highest BCUT2D eigenvalue weighted by atomic mass is 32.2. The number of halogens is 1. The van der Waals surface area contributed by atoms with Crippen molar-refractivity contribution in [2.45, 2.75) is 36.0 Å². The molecule has 0 bridgehead atoms. The summed E-state index contributed by atoms with van der Waals surface area (Å²) in [4.78, 5) is 0.980. The minimum atomic E-state index is -0.631. The number of aliphatic hydroxyl groups excluding tert-OH is 1. The van der Waals surface area contributed by atoms with Crippen LogP contribution in [0.1, 0.15) is 31.4 Å². The Labute approximate surface area is 105 Å². The zero-order chi connectivity index (χ0) is 12.3. The van der Waals surface area contributed by atoms with Crippen molar-refractivity contribution in [2.24, 2.45) is 0 Å². The van der Waals surface area contributed by atoms with Crippen LogP contribution in [0.15, 0.2) is 23.1 Å². The summed E-state index contributed by atoms with van der Waals surface area (Å²) in [7, 11) is 0. The number of benzene rings is 1. The average molecular weight is 256 g/mol. The fraction of sp³-hybridized carbons (Fsp3) is 0.538. The molecule has 0 saturated carbocycles. The Hall–Kier alpha value is -0.580. The van der Waals surface area contributed by atoms with E-state index in [1.54, 1.807) is 24.8 Å². The molecule has 0 spiro atoms. The lowest BCUT2D eigenvalue weighted by Crippen LogP contribution is -2.17. The summed E-state index contributed by atoms with van der Waals surface area (Å²) in [6, 6.07) is 4.64. The molecular formula is C13H17FO2S. The number of ether oxygens (including phenoxy) is 1. The van der Waals surface area contributed by atoms with E-state index in [4.69, 9.17) is 4.74 Å². The Morgan fingerprint density at radius 1 is 1.41 bits per heavy atom. The van der Waals surface area contributed by atoms with Crippen LogP contribution < -0.4 is 0 Å². The summed E-state index contributed by atoms with van der Waals surface area (Å²) in [5.41, 5.74) is 0.682. The van der Waals surface area contributed by atoms with E-state index in [-0.39, 0.29) is 5.82 Å². The number of hydrogen-bond donors (Lipinski definition) is 1. The Morgan fingerprint density at radius 2 is 2.12 bits per heavy atom. The molecule has 1 aliphatic rings. The van der Waals surface area contributed by atoms with Gasteiger partial charge < -0.3 is 9.84 Å². The van der Waals surface area contributed by atoms with Gasteiger partial charge in [0.1, 0.15) is 5.82 Å². The fourth-order valence-corrected chi connectivity index (χ4v) is 3.23. The van der Waals surface area contributed by atoms with Crippen LogP contribution in [0.3, 0.4) is 0 Å². The molecule has 0 aromatic heterocycles. The van der Waals surface area contributed by atoms with Crippen LogP contribution in [0, 0.1) is 5.82 Å². The molecule has 1 aliphatic heterocycles. The molecule has 1 atom stereocenters. The highest BCUT2D eigenvalue weighted by Gasteiger charge is 2.18. The molecular weight excluding hydrogens is 239 g/mol. The number of thioether (sulfide) groups is 1. The summed E-state index contributed by atoms with van der Waals surface area (Å²) in [5.74, 6) is -0.294. The van der Waals surface area contributed by atoms with Gasteiger partial charge in [0.25, 0.3) is 0 Å². The Bertz CT molecular complexity index is 376. The average Bonchev–Trinajstić information content (AvgIpc) is 2.32. The molecule has 17 heavy (non-hydrogen) atoms. The molecule has 4 heteroatoms. The summed E-state index contributed by atoms with van der Waals surface area (Å²) in [6.45, 7) is 3.26. The van der Waals surface area contributed by atoms with Gasteiger partial charge in [-0.3, -0.25) is 0 Å². The van der Waals surface area contributed by atoms with Crippen molar-refractivity contribution in [2.75, 3.05) is 13.2 Å². The predicted octanol–water partition coefficient (Wildman–Crippen LogP) is 3.15. The molecule has 0 radical (unpaired) electrons. The molecule has 1 N–H and O–H groups in total. The second-order valence-corrected chi connectivity index (χ2v) is 5.63. The summed E-state index contributed by atoms with van der Waals surface area (Å²) in [6.07, 6.45) is 1.40. The molecule has 1 heterocycles.